The molecule has 0 amide bonds. The number of piperidine rings is 1. The summed E-state index contributed by atoms with van der Waals surface area (Å²) in [5.74, 6) is 0.812. The van der Waals surface area contributed by atoms with Gasteiger partial charge in [0.25, 0.3) is 0 Å². The maximum atomic E-state index is 11.8. The Labute approximate surface area is 231 Å². The van der Waals surface area contributed by atoms with Gasteiger partial charge in [0.1, 0.15) is 5.75 Å². The summed E-state index contributed by atoms with van der Waals surface area (Å²) in [6.07, 6.45) is 3.43. The summed E-state index contributed by atoms with van der Waals surface area (Å²) in [7, 11) is 1.59. The van der Waals surface area contributed by atoms with Crippen LogP contribution in [-0.2, 0) is 4.79 Å². The fourth-order valence-corrected chi connectivity index (χ4v) is 6.66. The van der Waals surface area contributed by atoms with E-state index in [1.165, 1.54) is 0 Å². The highest BCUT2D eigenvalue weighted by atomic mass is 35.5. The minimum absolute atomic E-state index is 0.101. The van der Waals surface area contributed by atoms with Gasteiger partial charge in [0.05, 0.1) is 30.2 Å². The number of aliphatic hydroxyl groups is 1. The van der Waals surface area contributed by atoms with Gasteiger partial charge < -0.3 is 19.8 Å². The number of methoxy groups -OCH3 is 1. The van der Waals surface area contributed by atoms with Crippen molar-refractivity contribution in [2.75, 3.05) is 32.5 Å². The van der Waals surface area contributed by atoms with Crippen LogP contribution in [0.2, 0.25) is 10.0 Å². The van der Waals surface area contributed by atoms with E-state index < -0.39 is 12.1 Å². The standard InChI is InChI=1S/C28H32Cl2N2O4S/c1-36-20-5-6-24-22(16-20)27(23(30)18-31-24)25(33)7-8-28(17-26(34)35)9-11-32(12-10-28)13-14-37-21-4-2-3-19(29)15-21/h2-6,15-16,18,25,33H,7-14,17H2,1H3,(H,34,35). The number of aliphatic hydroxyl groups excluding tert-OH is 1. The van der Waals surface area contributed by atoms with Gasteiger partial charge in [0.2, 0.25) is 0 Å². The number of aromatic nitrogens is 1. The predicted octanol–water partition coefficient (Wildman–Crippen LogP) is 6.71. The van der Waals surface area contributed by atoms with Crippen molar-refractivity contribution in [2.24, 2.45) is 5.41 Å². The minimum atomic E-state index is -0.831. The Morgan fingerprint density at radius 2 is 2.00 bits per heavy atom. The molecular formula is C28H32Cl2N2O4S. The van der Waals surface area contributed by atoms with Gasteiger partial charge in [-0.3, -0.25) is 9.78 Å². The maximum absolute atomic E-state index is 11.8. The smallest absolute Gasteiger partial charge is 0.303 e. The third-order valence-corrected chi connectivity index (χ3v) is 8.78. The second kappa shape index (κ2) is 12.7. The number of ether oxygens (including phenoxy) is 1. The number of rotatable bonds is 11. The lowest BCUT2D eigenvalue weighted by molar-refractivity contribution is -0.141. The Hall–Kier alpha value is -2.03. The first kappa shape index (κ1) is 28.0. The van der Waals surface area contributed by atoms with Gasteiger partial charge in [0, 0.05) is 39.4 Å². The van der Waals surface area contributed by atoms with Crippen LogP contribution in [0.25, 0.3) is 10.9 Å². The fourth-order valence-electron chi connectivity index (χ4n) is 5.16. The van der Waals surface area contributed by atoms with Gasteiger partial charge in [0.15, 0.2) is 0 Å². The molecule has 0 radical (unpaired) electrons. The van der Waals surface area contributed by atoms with Gasteiger partial charge in [-0.25, -0.2) is 0 Å². The van der Waals surface area contributed by atoms with E-state index in [9.17, 15) is 15.0 Å². The Morgan fingerprint density at radius 3 is 2.70 bits per heavy atom. The highest BCUT2D eigenvalue weighted by Gasteiger charge is 2.37. The van der Waals surface area contributed by atoms with Crippen molar-refractivity contribution in [2.45, 2.75) is 43.1 Å². The number of carboxylic acids is 1. The monoisotopic (exact) mass is 562 g/mol. The van der Waals surface area contributed by atoms with Crippen LogP contribution in [0.4, 0.5) is 0 Å². The average Bonchev–Trinajstić information content (AvgIpc) is 2.88. The van der Waals surface area contributed by atoms with E-state index >= 15 is 0 Å². The SMILES string of the molecule is COc1ccc2ncc(Cl)c(C(O)CCC3(CC(=O)O)CCN(CCSc4cccc(Cl)c4)CC3)c2c1. The number of pyridine rings is 1. The van der Waals surface area contributed by atoms with Crippen molar-refractivity contribution in [1.29, 1.82) is 0 Å². The highest BCUT2D eigenvalue weighted by molar-refractivity contribution is 7.99. The number of hydrogen-bond donors (Lipinski definition) is 2. The second-order valence-electron chi connectivity index (χ2n) is 9.68. The second-order valence-corrected chi connectivity index (χ2v) is 11.7. The molecular weight excluding hydrogens is 531 g/mol. The molecule has 1 fully saturated rings. The number of halogens is 2. The summed E-state index contributed by atoms with van der Waals surface area (Å²) < 4.78 is 5.35. The highest BCUT2D eigenvalue weighted by Crippen LogP contribution is 2.43. The first-order chi connectivity index (χ1) is 17.8. The Balaban J connectivity index is 1.38. The van der Waals surface area contributed by atoms with E-state index in [2.05, 4.69) is 16.0 Å². The zero-order valence-corrected chi connectivity index (χ0v) is 23.2. The van der Waals surface area contributed by atoms with Gasteiger partial charge in [-0.15, -0.1) is 11.8 Å². The summed E-state index contributed by atoms with van der Waals surface area (Å²) in [5, 5.41) is 22.8. The number of aliphatic carboxylic acids is 1. The number of likely N-dealkylation sites (tertiary alicyclic amines) is 1. The Kier molecular flexibility index (Phi) is 9.59. The predicted molar refractivity (Wildman–Crippen MR) is 150 cm³/mol. The molecule has 2 heterocycles. The first-order valence-electron chi connectivity index (χ1n) is 12.4. The summed E-state index contributed by atoms with van der Waals surface area (Å²) in [6.45, 7) is 2.62. The molecule has 198 valence electrons. The maximum Gasteiger partial charge on any atom is 0.303 e. The molecule has 3 aromatic rings. The van der Waals surface area contributed by atoms with Crippen LogP contribution in [-0.4, -0.2) is 58.6 Å². The molecule has 1 aromatic heterocycles. The number of fused-ring (bicyclic) bond motifs is 1. The van der Waals surface area contributed by atoms with Crippen molar-refractivity contribution < 1.29 is 19.7 Å². The van der Waals surface area contributed by atoms with Crippen LogP contribution < -0.4 is 4.74 Å². The first-order valence-corrected chi connectivity index (χ1v) is 14.2. The molecule has 4 rings (SSSR count). The van der Waals surface area contributed by atoms with Crippen LogP contribution in [0, 0.1) is 5.41 Å². The molecule has 9 heteroatoms. The Bertz CT molecular complexity index is 1230. The van der Waals surface area contributed by atoms with Gasteiger partial charge >= 0.3 is 5.97 Å². The molecule has 1 aliphatic rings. The molecule has 0 spiro atoms. The van der Waals surface area contributed by atoms with Crippen LogP contribution in [0.1, 0.15) is 43.8 Å². The molecule has 1 atom stereocenters. The molecule has 0 aliphatic carbocycles. The lowest BCUT2D eigenvalue weighted by Crippen LogP contribution is -2.42. The summed E-state index contributed by atoms with van der Waals surface area (Å²) in [5.41, 5.74) is 0.992. The lowest BCUT2D eigenvalue weighted by Gasteiger charge is -2.41. The van der Waals surface area contributed by atoms with E-state index in [4.69, 9.17) is 27.9 Å². The zero-order chi connectivity index (χ0) is 26.4. The quantitative estimate of drug-likeness (QED) is 0.251. The molecule has 37 heavy (non-hydrogen) atoms. The number of benzene rings is 2. The lowest BCUT2D eigenvalue weighted by atomic mass is 9.71. The molecule has 6 nitrogen and oxygen atoms in total. The van der Waals surface area contributed by atoms with Crippen molar-refractivity contribution >= 4 is 51.8 Å². The number of carbonyl (C=O) groups is 1. The third kappa shape index (κ3) is 7.30. The molecule has 1 saturated heterocycles. The Morgan fingerprint density at radius 1 is 1.22 bits per heavy atom. The number of thioether (sulfide) groups is 1. The minimum Gasteiger partial charge on any atom is -0.497 e. The van der Waals surface area contributed by atoms with Crippen LogP contribution in [0.15, 0.2) is 53.6 Å². The molecule has 0 saturated carbocycles. The molecule has 0 bridgehead atoms. The van der Waals surface area contributed by atoms with Gasteiger partial charge in [-0.1, -0.05) is 29.3 Å². The van der Waals surface area contributed by atoms with E-state index in [-0.39, 0.29) is 11.8 Å². The van der Waals surface area contributed by atoms with Crippen LogP contribution in [0.5, 0.6) is 5.75 Å². The molecule has 1 unspecified atom stereocenters. The number of carboxylic acid groups (broad SMARTS) is 1. The molecule has 1 aliphatic heterocycles. The van der Waals surface area contributed by atoms with Crippen molar-refractivity contribution in [1.82, 2.24) is 9.88 Å². The zero-order valence-electron chi connectivity index (χ0n) is 20.8. The summed E-state index contributed by atoms with van der Waals surface area (Å²) >= 11 is 14.3. The van der Waals surface area contributed by atoms with Gasteiger partial charge in [-0.05, 0) is 80.6 Å². The third-order valence-electron chi connectivity index (χ3n) is 7.26. The number of hydrogen-bond acceptors (Lipinski definition) is 6. The molecule has 2 N–H and O–H groups in total. The van der Waals surface area contributed by atoms with E-state index in [0.717, 1.165) is 59.0 Å². The topological polar surface area (TPSA) is 82.9 Å². The normalized spacial score (nSPS) is 16.5. The fraction of sp³-hybridized carbons (Fsp3) is 0.429. The summed E-state index contributed by atoms with van der Waals surface area (Å²) in [6, 6.07) is 13.4. The van der Waals surface area contributed by atoms with Crippen molar-refractivity contribution in [3.63, 3.8) is 0 Å². The summed E-state index contributed by atoms with van der Waals surface area (Å²) in [4.78, 5) is 19.7. The van der Waals surface area contributed by atoms with Crippen molar-refractivity contribution in [3.05, 3.63) is 64.3 Å². The van der Waals surface area contributed by atoms with Crippen LogP contribution in [0.3, 0.4) is 0 Å². The van der Waals surface area contributed by atoms with Gasteiger partial charge in [-0.2, -0.15) is 0 Å². The molecule has 2 aromatic carbocycles. The number of nitrogens with zero attached hydrogens (tertiary/aromatic N) is 2. The van der Waals surface area contributed by atoms with E-state index in [1.54, 1.807) is 25.1 Å². The largest absolute Gasteiger partial charge is 0.497 e. The van der Waals surface area contributed by atoms with E-state index in [1.807, 2.05) is 36.4 Å². The van der Waals surface area contributed by atoms with Crippen molar-refractivity contribution in [3.8, 4) is 5.75 Å². The van der Waals surface area contributed by atoms with Crippen LogP contribution >= 0.6 is 35.0 Å². The van der Waals surface area contributed by atoms with E-state index in [0.29, 0.717) is 29.2 Å². The average molecular weight is 564 g/mol.